The van der Waals surface area contributed by atoms with Gasteiger partial charge >= 0.3 is 5.97 Å². The summed E-state index contributed by atoms with van der Waals surface area (Å²) in [7, 11) is 0. The summed E-state index contributed by atoms with van der Waals surface area (Å²) >= 11 is 0. The van der Waals surface area contributed by atoms with E-state index in [0.29, 0.717) is 12.0 Å². The molecule has 14 heavy (non-hydrogen) atoms. The predicted octanol–water partition coefficient (Wildman–Crippen LogP) is 1.68. The molecule has 0 spiro atoms. The van der Waals surface area contributed by atoms with Gasteiger partial charge in [0.25, 0.3) is 0 Å². The van der Waals surface area contributed by atoms with E-state index in [1.165, 1.54) is 12.1 Å². The predicted molar refractivity (Wildman–Crippen MR) is 50.4 cm³/mol. The normalized spacial score (nSPS) is 12.4. The van der Waals surface area contributed by atoms with E-state index in [4.69, 9.17) is 15.3 Å². The van der Waals surface area contributed by atoms with Crippen molar-refractivity contribution in [3.8, 4) is 11.5 Å². The van der Waals surface area contributed by atoms with Gasteiger partial charge in [-0.2, -0.15) is 0 Å². The van der Waals surface area contributed by atoms with Gasteiger partial charge in [-0.15, -0.1) is 0 Å². The first-order chi connectivity index (χ1) is 6.54. The maximum Gasteiger partial charge on any atom is 0.310 e. The van der Waals surface area contributed by atoms with E-state index in [1.807, 2.05) is 0 Å². The Morgan fingerprint density at radius 1 is 1.29 bits per heavy atom. The lowest BCUT2D eigenvalue weighted by molar-refractivity contribution is -0.138. The molecule has 1 aromatic carbocycles. The lowest BCUT2D eigenvalue weighted by Gasteiger charge is -2.10. The molecule has 0 aliphatic heterocycles. The molecular formula is C10H12O4. The maximum atomic E-state index is 10.8. The van der Waals surface area contributed by atoms with Crippen LogP contribution in [0.4, 0.5) is 0 Å². The molecule has 0 aromatic heterocycles. The molecule has 0 fully saturated rings. The van der Waals surface area contributed by atoms with E-state index in [9.17, 15) is 4.79 Å². The zero-order chi connectivity index (χ0) is 10.7. The highest BCUT2D eigenvalue weighted by Crippen LogP contribution is 2.27. The molecule has 0 saturated carbocycles. The van der Waals surface area contributed by atoms with Gasteiger partial charge in [0.2, 0.25) is 0 Å². The molecular weight excluding hydrogens is 184 g/mol. The third-order valence-electron chi connectivity index (χ3n) is 2.03. The van der Waals surface area contributed by atoms with Crippen LogP contribution in [0.5, 0.6) is 11.5 Å². The Morgan fingerprint density at radius 3 is 2.14 bits per heavy atom. The number of aromatic hydroxyl groups is 2. The van der Waals surface area contributed by atoms with Gasteiger partial charge in [0.1, 0.15) is 11.5 Å². The summed E-state index contributed by atoms with van der Waals surface area (Å²) in [6.07, 6.45) is 0.415. The van der Waals surface area contributed by atoms with Crippen molar-refractivity contribution >= 4 is 5.97 Å². The highest BCUT2D eigenvalue weighted by Gasteiger charge is 2.18. The minimum Gasteiger partial charge on any atom is -0.508 e. The van der Waals surface area contributed by atoms with Crippen molar-refractivity contribution in [2.24, 2.45) is 0 Å². The summed E-state index contributed by atoms with van der Waals surface area (Å²) in [6.45, 7) is 1.74. The number of aliphatic carboxylic acids is 1. The second-order valence-electron chi connectivity index (χ2n) is 3.08. The fraction of sp³-hybridized carbons (Fsp3) is 0.300. The van der Waals surface area contributed by atoms with Gasteiger partial charge in [-0.1, -0.05) is 6.92 Å². The second-order valence-corrected chi connectivity index (χ2v) is 3.08. The Bertz CT molecular complexity index is 326. The second kappa shape index (κ2) is 4.00. The highest BCUT2D eigenvalue weighted by atomic mass is 16.4. The maximum absolute atomic E-state index is 10.8. The number of phenols is 2. The van der Waals surface area contributed by atoms with Gasteiger partial charge in [-0.3, -0.25) is 4.79 Å². The first-order valence-electron chi connectivity index (χ1n) is 4.30. The van der Waals surface area contributed by atoms with Gasteiger partial charge in [0.15, 0.2) is 0 Å². The van der Waals surface area contributed by atoms with Crippen LogP contribution in [0.2, 0.25) is 0 Å². The number of hydrogen-bond acceptors (Lipinski definition) is 3. The van der Waals surface area contributed by atoms with Crippen LogP contribution in [0.1, 0.15) is 24.8 Å². The van der Waals surface area contributed by atoms with Gasteiger partial charge in [-0.05, 0) is 24.1 Å². The number of hydrogen-bond donors (Lipinski definition) is 3. The number of carbonyl (C=O) groups is 1. The average molecular weight is 196 g/mol. The molecule has 4 nitrogen and oxygen atoms in total. The summed E-state index contributed by atoms with van der Waals surface area (Å²) in [5.74, 6) is -1.90. The minimum atomic E-state index is -0.961. The van der Waals surface area contributed by atoms with Gasteiger partial charge in [-0.25, -0.2) is 0 Å². The van der Waals surface area contributed by atoms with Crippen molar-refractivity contribution in [1.82, 2.24) is 0 Å². The zero-order valence-electron chi connectivity index (χ0n) is 7.77. The van der Waals surface area contributed by atoms with Crippen molar-refractivity contribution in [2.45, 2.75) is 19.3 Å². The van der Waals surface area contributed by atoms with Crippen LogP contribution in [-0.2, 0) is 4.79 Å². The van der Waals surface area contributed by atoms with E-state index in [0.717, 1.165) is 6.07 Å². The smallest absolute Gasteiger partial charge is 0.310 e. The molecule has 0 bridgehead atoms. The van der Waals surface area contributed by atoms with Crippen LogP contribution in [0.3, 0.4) is 0 Å². The van der Waals surface area contributed by atoms with E-state index in [2.05, 4.69) is 0 Å². The zero-order valence-corrected chi connectivity index (χ0v) is 7.77. The van der Waals surface area contributed by atoms with Gasteiger partial charge in [0.05, 0.1) is 5.92 Å². The van der Waals surface area contributed by atoms with E-state index >= 15 is 0 Å². The summed E-state index contributed by atoms with van der Waals surface area (Å²) in [6, 6.07) is 3.86. The Balaban J connectivity index is 3.10. The lowest BCUT2D eigenvalue weighted by Crippen LogP contribution is -2.10. The molecule has 76 valence electrons. The Morgan fingerprint density at radius 2 is 1.79 bits per heavy atom. The Labute approximate surface area is 81.4 Å². The molecule has 1 unspecified atom stereocenters. The summed E-state index contributed by atoms with van der Waals surface area (Å²) < 4.78 is 0. The van der Waals surface area contributed by atoms with Crippen molar-refractivity contribution in [1.29, 1.82) is 0 Å². The molecule has 1 aromatic rings. The molecule has 0 saturated heterocycles. The van der Waals surface area contributed by atoms with E-state index in [1.54, 1.807) is 6.92 Å². The van der Waals surface area contributed by atoms with Crippen LogP contribution in [0.25, 0.3) is 0 Å². The van der Waals surface area contributed by atoms with Crippen LogP contribution < -0.4 is 0 Å². The molecule has 0 radical (unpaired) electrons. The molecule has 4 heteroatoms. The lowest BCUT2D eigenvalue weighted by atomic mass is 9.96. The van der Waals surface area contributed by atoms with Crippen LogP contribution in [0.15, 0.2) is 18.2 Å². The standard InChI is InChI=1S/C10H12O4/c1-2-9(10(13)14)6-3-7(11)5-8(12)4-6/h3-5,9,11-12H,2H2,1H3,(H,13,14). The molecule has 0 amide bonds. The number of benzene rings is 1. The highest BCUT2D eigenvalue weighted by molar-refractivity contribution is 5.76. The molecule has 0 aliphatic rings. The third kappa shape index (κ3) is 2.16. The SMILES string of the molecule is CCC(C(=O)O)c1cc(O)cc(O)c1. The first kappa shape index (κ1) is 10.4. The van der Waals surface area contributed by atoms with Crippen molar-refractivity contribution < 1.29 is 20.1 Å². The number of carboxylic acid groups (broad SMARTS) is 1. The fourth-order valence-electron chi connectivity index (χ4n) is 1.37. The number of carboxylic acids is 1. The molecule has 1 rings (SSSR count). The monoisotopic (exact) mass is 196 g/mol. The van der Waals surface area contributed by atoms with Crippen molar-refractivity contribution in [3.05, 3.63) is 23.8 Å². The topological polar surface area (TPSA) is 77.8 Å². The fourth-order valence-corrected chi connectivity index (χ4v) is 1.37. The van der Waals surface area contributed by atoms with Gasteiger partial charge < -0.3 is 15.3 Å². The van der Waals surface area contributed by atoms with Crippen LogP contribution in [-0.4, -0.2) is 21.3 Å². The number of phenolic OH excluding ortho intramolecular Hbond substituents is 2. The molecule has 0 heterocycles. The Kier molecular flexibility index (Phi) is 2.96. The largest absolute Gasteiger partial charge is 0.508 e. The summed E-state index contributed by atoms with van der Waals surface area (Å²) in [5, 5.41) is 27.2. The molecule has 0 aliphatic carbocycles. The van der Waals surface area contributed by atoms with E-state index in [-0.39, 0.29) is 11.5 Å². The quantitative estimate of drug-likeness (QED) is 0.687. The average Bonchev–Trinajstić information content (AvgIpc) is 2.02. The van der Waals surface area contributed by atoms with Crippen molar-refractivity contribution in [2.75, 3.05) is 0 Å². The number of rotatable bonds is 3. The van der Waals surface area contributed by atoms with Gasteiger partial charge in [0, 0.05) is 6.07 Å². The van der Waals surface area contributed by atoms with Crippen LogP contribution in [0, 0.1) is 0 Å². The molecule has 1 atom stereocenters. The summed E-state index contributed by atoms with van der Waals surface area (Å²) in [4.78, 5) is 10.8. The van der Waals surface area contributed by atoms with E-state index < -0.39 is 11.9 Å². The Hall–Kier alpha value is -1.71. The van der Waals surface area contributed by atoms with Crippen molar-refractivity contribution in [3.63, 3.8) is 0 Å². The van der Waals surface area contributed by atoms with Crippen LogP contribution >= 0.6 is 0 Å². The minimum absolute atomic E-state index is 0.125. The first-order valence-corrected chi connectivity index (χ1v) is 4.30. The molecule has 3 N–H and O–H groups in total. The summed E-state index contributed by atoms with van der Waals surface area (Å²) in [5.41, 5.74) is 0.414. The third-order valence-corrected chi connectivity index (χ3v) is 2.03.